The van der Waals surface area contributed by atoms with Crippen LogP contribution in [-0.4, -0.2) is 35.6 Å². The summed E-state index contributed by atoms with van der Waals surface area (Å²) < 4.78 is 0. The van der Waals surface area contributed by atoms with Gasteiger partial charge in [0.05, 0.1) is 6.54 Å². The molecule has 1 saturated carbocycles. The highest BCUT2D eigenvalue weighted by Crippen LogP contribution is 2.17. The number of nitrogens with one attached hydrogen (secondary N) is 2. The second-order valence-corrected chi connectivity index (χ2v) is 3.90. The standard InChI is InChI=1S/C10H18N2O3/c1-2-3-8(10(14)15)12-9(13)6-11-7-4-5-7/h7-8,11H,2-6H2,1H3,(H,12,13)(H,14,15). The van der Waals surface area contributed by atoms with Crippen molar-refractivity contribution in [1.29, 1.82) is 0 Å². The topological polar surface area (TPSA) is 78.4 Å². The van der Waals surface area contributed by atoms with Crippen molar-refractivity contribution in [3.05, 3.63) is 0 Å². The van der Waals surface area contributed by atoms with Crippen LogP contribution >= 0.6 is 0 Å². The predicted octanol–water partition coefficient (Wildman–Crippen LogP) is 0.108. The number of carboxylic acid groups (broad SMARTS) is 1. The Morgan fingerprint density at radius 1 is 1.47 bits per heavy atom. The molecule has 1 amide bonds. The molecule has 0 bridgehead atoms. The van der Waals surface area contributed by atoms with Crippen LogP contribution in [0.3, 0.4) is 0 Å². The van der Waals surface area contributed by atoms with E-state index in [2.05, 4.69) is 10.6 Å². The minimum Gasteiger partial charge on any atom is -0.480 e. The highest BCUT2D eigenvalue weighted by molar-refractivity contribution is 5.84. The Morgan fingerprint density at radius 3 is 2.60 bits per heavy atom. The molecule has 0 aromatic carbocycles. The Kier molecular flexibility index (Phi) is 4.55. The van der Waals surface area contributed by atoms with Gasteiger partial charge < -0.3 is 15.7 Å². The summed E-state index contributed by atoms with van der Waals surface area (Å²) in [5.74, 6) is -1.20. The molecule has 0 heterocycles. The third-order valence-electron chi connectivity index (χ3n) is 2.34. The average molecular weight is 214 g/mol. The SMILES string of the molecule is CCCC(NC(=O)CNC1CC1)C(=O)O. The van der Waals surface area contributed by atoms with Gasteiger partial charge in [0, 0.05) is 6.04 Å². The van der Waals surface area contributed by atoms with E-state index in [0.717, 1.165) is 19.3 Å². The van der Waals surface area contributed by atoms with Gasteiger partial charge in [0.15, 0.2) is 0 Å². The van der Waals surface area contributed by atoms with Gasteiger partial charge in [-0.2, -0.15) is 0 Å². The molecule has 1 fully saturated rings. The molecule has 86 valence electrons. The third kappa shape index (κ3) is 4.78. The number of rotatable bonds is 7. The molecule has 0 aliphatic heterocycles. The lowest BCUT2D eigenvalue weighted by atomic mass is 10.1. The van der Waals surface area contributed by atoms with Crippen molar-refractivity contribution >= 4 is 11.9 Å². The summed E-state index contributed by atoms with van der Waals surface area (Å²) in [6.07, 6.45) is 3.45. The van der Waals surface area contributed by atoms with Crippen LogP contribution in [0.25, 0.3) is 0 Å². The van der Waals surface area contributed by atoms with Crippen molar-refractivity contribution < 1.29 is 14.7 Å². The van der Waals surface area contributed by atoms with E-state index < -0.39 is 12.0 Å². The maximum Gasteiger partial charge on any atom is 0.326 e. The van der Waals surface area contributed by atoms with Crippen LogP contribution in [0.2, 0.25) is 0 Å². The van der Waals surface area contributed by atoms with Gasteiger partial charge in [-0.15, -0.1) is 0 Å². The molecule has 1 atom stereocenters. The summed E-state index contributed by atoms with van der Waals surface area (Å²) in [5.41, 5.74) is 0. The van der Waals surface area contributed by atoms with Crippen LogP contribution in [-0.2, 0) is 9.59 Å². The number of carboxylic acids is 1. The number of carbonyl (C=O) groups is 2. The van der Waals surface area contributed by atoms with Gasteiger partial charge in [-0.05, 0) is 19.3 Å². The summed E-state index contributed by atoms with van der Waals surface area (Å²) in [7, 11) is 0. The van der Waals surface area contributed by atoms with Gasteiger partial charge in [-0.1, -0.05) is 13.3 Å². The molecule has 0 radical (unpaired) electrons. The van der Waals surface area contributed by atoms with E-state index in [9.17, 15) is 9.59 Å². The molecule has 5 nitrogen and oxygen atoms in total. The van der Waals surface area contributed by atoms with Crippen molar-refractivity contribution in [2.24, 2.45) is 0 Å². The Balaban J connectivity index is 2.22. The number of hydrogen-bond donors (Lipinski definition) is 3. The monoisotopic (exact) mass is 214 g/mol. The number of carbonyl (C=O) groups excluding carboxylic acids is 1. The van der Waals surface area contributed by atoms with Gasteiger partial charge in [0.25, 0.3) is 0 Å². The van der Waals surface area contributed by atoms with Crippen molar-refractivity contribution in [2.75, 3.05) is 6.54 Å². The quantitative estimate of drug-likeness (QED) is 0.562. The maximum absolute atomic E-state index is 11.3. The Morgan fingerprint density at radius 2 is 2.13 bits per heavy atom. The molecule has 1 aliphatic carbocycles. The highest BCUT2D eigenvalue weighted by Gasteiger charge is 2.23. The zero-order valence-corrected chi connectivity index (χ0v) is 8.95. The van der Waals surface area contributed by atoms with E-state index in [0.29, 0.717) is 12.5 Å². The maximum atomic E-state index is 11.3. The summed E-state index contributed by atoms with van der Waals surface area (Å²) in [4.78, 5) is 22.1. The van der Waals surface area contributed by atoms with Crippen molar-refractivity contribution in [1.82, 2.24) is 10.6 Å². The molecule has 0 aromatic heterocycles. The van der Waals surface area contributed by atoms with Crippen LogP contribution < -0.4 is 10.6 Å². The Hall–Kier alpha value is -1.10. The van der Waals surface area contributed by atoms with Gasteiger partial charge in [-0.3, -0.25) is 4.79 Å². The van der Waals surface area contributed by atoms with Gasteiger partial charge in [-0.25, -0.2) is 4.79 Å². The fourth-order valence-corrected chi connectivity index (χ4v) is 1.32. The molecular formula is C10H18N2O3. The van der Waals surface area contributed by atoms with E-state index in [-0.39, 0.29) is 12.5 Å². The predicted molar refractivity (Wildman–Crippen MR) is 55.5 cm³/mol. The summed E-state index contributed by atoms with van der Waals surface area (Å²) in [6.45, 7) is 2.11. The minimum atomic E-state index is -0.961. The number of hydrogen-bond acceptors (Lipinski definition) is 3. The lowest BCUT2D eigenvalue weighted by molar-refractivity contribution is -0.141. The molecule has 1 rings (SSSR count). The zero-order valence-electron chi connectivity index (χ0n) is 8.95. The van der Waals surface area contributed by atoms with E-state index in [1.807, 2.05) is 6.92 Å². The summed E-state index contributed by atoms with van der Waals surface area (Å²) >= 11 is 0. The second kappa shape index (κ2) is 5.70. The Bertz CT molecular complexity index is 239. The lowest BCUT2D eigenvalue weighted by Gasteiger charge is -2.13. The molecule has 0 aromatic rings. The molecule has 15 heavy (non-hydrogen) atoms. The molecule has 0 spiro atoms. The van der Waals surface area contributed by atoms with Gasteiger partial charge in [0.1, 0.15) is 6.04 Å². The van der Waals surface area contributed by atoms with E-state index in [1.54, 1.807) is 0 Å². The number of amides is 1. The molecular weight excluding hydrogens is 196 g/mol. The van der Waals surface area contributed by atoms with Crippen LogP contribution in [0, 0.1) is 0 Å². The van der Waals surface area contributed by atoms with Crippen LogP contribution in [0.5, 0.6) is 0 Å². The van der Waals surface area contributed by atoms with Crippen molar-refractivity contribution in [3.63, 3.8) is 0 Å². The largest absolute Gasteiger partial charge is 0.480 e. The van der Waals surface area contributed by atoms with Gasteiger partial charge >= 0.3 is 5.97 Å². The van der Waals surface area contributed by atoms with Crippen molar-refractivity contribution in [2.45, 2.75) is 44.7 Å². The lowest BCUT2D eigenvalue weighted by Crippen LogP contribution is -2.44. The van der Waals surface area contributed by atoms with E-state index in [4.69, 9.17) is 5.11 Å². The van der Waals surface area contributed by atoms with Crippen LogP contribution in [0.4, 0.5) is 0 Å². The molecule has 1 unspecified atom stereocenters. The molecule has 3 N–H and O–H groups in total. The summed E-state index contributed by atoms with van der Waals surface area (Å²) in [6, 6.07) is -0.284. The first-order valence-corrected chi connectivity index (χ1v) is 5.39. The summed E-state index contributed by atoms with van der Waals surface area (Å²) in [5, 5.41) is 14.3. The number of aliphatic carboxylic acids is 1. The average Bonchev–Trinajstić information content (AvgIpc) is 2.97. The normalized spacial score (nSPS) is 17.1. The third-order valence-corrected chi connectivity index (χ3v) is 2.34. The first-order valence-electron chi connectivity index (χ1n) is 5.39. The molecule has 0 saturated heterocycles. The fraction of sp³-hybridized carbons (Fsp3) is 0.800. The minimum absolute atomic E-state index is 0.220. The van der Waals surface area contributed by atoms with E-state index in [1.165, 1.54) is 0 Å². The van der Waals surface area contributed by atoms with Crippen LogP contribution in [0.1, 0.15) is 32.6 Å². The molecule has 5 heteroatoms. The first kappa shape index (κ1) is 12.0. The van der Waals surface area contributed by atoms with Gasteiger partial charge in [0.2, 0.25) is 5.91 Å². The highest BCUT2D eigenvalue weighted by atomic mass is 16.4. The Labute approximate surface area is 89.2 Å². The fourth-order valence-electron chi connectivity index (χ4n) is 1.32. The zero-order chi connectivity index (χ0) is 11.3. The molecule has 1 aliphatic rings. The van der Waals surface area contributed by atoms with Crippen molar-refractivity contribution in [3.8, 4) is 0 Å². The first-order chi connectivity index (χ1) is 7.13. The van der Waals surface area contributed by atoms with Crippen LogP contribution in [0.15, 0.2) is 0 Å². The second-order valence-electron chi connectivity index (χ2n) is 3.90. The smallest absolute Gasteiger partial charge is 0.326 e. The van der Waals surface area contributed by atoms with E-state index >= 15 is 0 Å².